The SMILES string of the molecule is c1cc(N(c2ccc(-c3ccc(-c4ccc5c(c4)oc4ccccc45)cc3)cc2)c2ccc(-c3ccc(-c4cccc5ccccc45)cc3)cc2)cc(-n2c3ccccc3c3ccccc32)c1.c1cc(N(c2ccc(-c3ccc(-c4ccc5ccccc5c4)cc3)cc2)c2ccc(-c3ccc(-c4cccc5c4oc4ccccc45)cc3)cc2)cc(-n2c3ccccc3c3ccccc32)c1. The van der Waals surface area contributed by atoms with Gasteiger partial charge in [0.05, 0.1) is 22.1 Å². The number of furan rings is 2. The summed E-state index contributed by atoms with van der Waals surface area (Å²) in [6.45, 7) is 0. The van der Waals surface area contributed by atoms with Crippen LogP contribution in [0.4, 0.5) is 34.1 Å². The zero-order valence-electron chi connectivity index (χ0n) is 73.1. The number of nitrogens with zero attached hydrogens (tertiary/aromatic N) is 4. The van der Waals surface area contributed by atoms with Gasteiger partial charge in [0.15, 0.2) is 0 Å². The Morgan fingerprint density at radius 2 is 0.440 bits per heavy atom. The van der Waals surface area contributed by atoms with Gasteiger partial charge in [0.1, 0.15) is 22.3 Å². The molecule has 0 atom stereocenters. The van der Waals surface area contributed by atoms with Crippen molar-refractivity contribution < 1.29 is 8.83 Å². The van der Waals surface area contributed by atoms with Crippen LogP contribution in [0.1, 0.15) is 0 Å². The first kappa shape index (κ1) is 78.4. The molecule has 0 unspecified atom stereocenters. The molecule has 26 rings (SSSR count). The summed E-state index contributed by atoms with van der Waals surface area (Å²) >= 11 is 0. The number of para-hydroxylation sites is 7. The summed E-state index contributed by atoms with van der Waals surface area (Å²) in [6, 6.07) is 184. The number of hydrogen-bond acceptors (Lipinski definition) is 4. The molecule has 4 aromatic heterocycles. The highest BCUT2D eigenvalue weighted by molar-refractivity contribution is 6.13. The minimum atomic E-state index is 0.907. The summed E-state index contributed by atoms with van der Waals surface area (Å²) < 4.78 is 17.4. The average molecular weight is 1710 g/mol. The Labute approximate surface area is 775 Å². The Hall–Kier alpha value is -17.8. The zero-order valence-corrected chi connectivity index (χ0v) is 73.1. The van der Waals surface area contributed by atoms with Crippen molar-refractivity contribution in [2.45, 2.75) is 0 Å². The molecule has 0 saturated heterocycles. The van der Waals surface area contributed by atoms with E-state index in [0.29, 0.717) is 0 Å². The lowest BCUT2D eigenvalue weighted by atomic mass is 9.96. The van der Waals surface area contributed by atoms with Gasteiger partial charge < -0.3 is 27.8 Å². The van der Waals surface area contributed by atoms with Crippen LogP contribution < -0.4 is 9.80 Å². The maximum absolute atomic E-state index is 6.38. The molecule has 0 aliphatic heterocycles. The van der Waals surface area contributed by atoms with Gasteiger partial charge in [-0.05, 0) is 245 Å². The van der Waals surface area contributed by atoms with E-state index in [0.717, 1.165) is 134 Å². The minimum Gasteiger partial charge on any atom is -0.456 e. The smallest absolute Gasteiger partial charge is 0.143 e. The van der Waals surface area contributed by atoms with E-state index < -0.39 is 0 Å². The van der Waals surface area contributed by atoms with Gasteiger partial charge in [-0.1, -0.05) is 370 Å². The molecule has 0 spiro atoms. The summed E-state index contributed by atoms with van der Waals surface area (Å²) in [4.78, 5) is 4.73. The fraction of sp³-hybridized carbons (Fsp3) is 0. The molecule has 4 heterocycles. The third kappa shape index (κ3) is 14.3. The molecule has 6 heteroatoms. The normalized spacial score (nSPS) is 11.6. The average Bonchev–Trinajstić information content (AvgIpc) is 1.60. The second-order valence-electron chi connectivity index (χ2n) is 34.6. The van der Waals surface area contributed by atoms with Gasteiger partial charge in [-0.25, -0.2) is 0 Å². The van der Waals surface area contributed by atoms with Gasteiger partial charge in [-0.3, -0.25) is 0 Å². The van der Waals surface area contributed by atoms with Crippen molar-refractivity contribution in [3.05, 3.63) is 510 Å². The molecular weight excluding hydrogens is 1630 g/mol. The first-order chi connectivity index (χ1) is 66.4. The molecule has 0 aliphatic carbocycles. The summed E-state index contributed by atoms with van der Waals surface area (Å²) in [5.41, 5.74) is 35.8. The lowest BCUT2D eigenvalue weighted by Crippen LogP contribution is -2.10. The van der Waals surface area contributed by atoms with Crippen molar-refractivity contribution >= 4 is 143 Å². The van der Waals surface area contributed by atoms with Crippen LogP contribution in [0.25, 0.3) is 209 Å². The van der Waals surface area contributed by atoms with Crippen LogP contribution in [0.15, 0.2) is 518 Å². The van der Waals surface area contributed by atoms with Crippen LogP contribution in [0.5, 0.6) is 0 Å². The molecule has 0 N–H and O–H groups in total. The molecule has 6 nitrogen and oxygen atoms in total. The highest BCUT2D eigenvalue weighted by Crippen LogP contribution is 2.46. The van der Waals surface area contributed by atoms with Gasteiger partial charge >= 0.3 is 0 Å². The third-order valence-electron chi connectivity index (χ3n) is 26.8. The Kier molecular flexibility index (Phi) is 19.5. The molecule has 0 amide bonds. The van der Waals surface area contributed by atoms with Crippen molar-refractivity contribution in [3.8, 4) is 100 Å². The fourth-order valence-electron chi connectivity index (χ4n) is 20.2. The van der Waals surface area contributed by atoms with E-state index in [-0.39, 0.29) is 0 Å². The van der Waals surface area contributed by atoms with Gasteiger partial charge in [-0.15, -0.1) is 0 Å². The predicted molar refractivity (Wildman–Crippen MR) is 564 cm³/mol. The number of fused-ring (bicyclic) bond motifs is 14. The quantitative estimate of drug-likeness (QED) is 0.0967. The van der Waals surface area contributed by atoms with E-state index in [4.69, 9.17) is 8.83 Å². The van der Waals surface area contributed by atoms with E-state index >= 15 is 0 Å². The van der Waals surface area contributed by atoms with Gasteiger partial charge in [0.2, 0.25) is 0 Å². The largest absolute Gasteiger partial charge is 0.456 e. The Bertz CT molecular complexity index is 8840. The maximum Gasteiger partial charge on any atom is 0.143 e. The second-order valence-corrected chi connectivity index (χ2v) is 34.6. The first-order valence-corrected chi connectivity index (χ1v) is 45.8. The Balaban J connectivity index is 0.000000143. The third-order valence-corrected chi connectivity index (χ3v) is 26.8. The molecule has 628 valence electrons. The Morgan fingerprint density at radius 1 is 0.149 bits per heavy atom. The van der Waals surface area contributed by atoms with Crippen LogP contribution in [-0.2, 0) is 0 Å². The van der Waals surface area contributed by atoms with Gasteiger partial charge in [0.25, 0.3) is 0 Å². The lowest BCUT2D eigenvalue weighted by molar-refractivity contribution is 0.669. The van der Waals surface area contributed by atoms with Crippen LogP contribution in [0.2, 0.25) is 0 Å². The van der Waals surface area contributed by atoms with Crippen LogP contribution in [0, 0.1) is 0 Å². The van der Waals surface area contributed by atoms with E-state index in [1.807, 2.05) is 24.3 Å². The van der Waals surface area contributed by atoms with Crippen LogP contribution in [0.3, 0.4) is 0 Å². The van der Waals surface area contributed by atoms with Crippen molar-refractivity contribution in [1.29, 1.82) is 0 Å². The van der Waals surface area contributed by atoms with E-state index in [1.165, 1.54) is 110 Å². The molecule has 0 fully saturated rings. The summed E-state index contributed by atoms with van der Waals surface area (Å²) in [5, 5.41) is 14.6. The summed E-state index contributed by atoms with van der Waals surface area (Å²) in [7, 11) is 0. The summed E-state index contributed by atoms with van der Waals surface area (Å²) in [5.74, 6) is 0. The monoisotopic (exact) mass is 1710 g/mol. The summed E-state index contributed by atoms with van der Waals surface area (Å²) in [6.07, 6.45) is 0. The predicted octanol–water partition coefficient (Wildman–Crippen LogP) is 35.9. The lowest BCUT2D eigenvalue weighted by Gasteiger charge is -2.26. The molecule has 0 aliphatic rings. The number of aromatic nitrogens is 2. The molecule has 0 radical (unpaired) electrons. The topological polar surface area (TPSA) is 42.6 Å². The molecule has 134 heavy (non-hydrogen) atoms. The molecule has 26 aromatic rings. The number of benzene rings is 22. The fourth-order valence-corrected chi connectivity index (χ4v) is 20.2. The van der Waals surface area contributed by atoms with Crippen molar-refractivity contribution in [2.75, 3.05) is 9.80 Å². The van der Waals surface area contributed by atoms with E-state index in [2.05, 4.69) is 504 Å². The van der Waals surface area contributed by atoms with E-state index in [9.17, 15) is 0 Å². The molecule has 0 saturated carbocycles. The molecular formula is C128H84N4O2. The molecule has 22 aromatic carbocycles. The number of rotatable bonds is 16. The van der Waals surface area contributed by atoms with E-state index in [1.54, 1.807) is 0 Å². The van der Waals surface area contributed by atoms with Crippen LogP contribution in [-0.4, -0.2) is 9.13 Å². The highest BCUT2D eigenvalue weighted by Gasteiger charge is 2.23. The standard InChI is InChI=1S/2C64H42N2O/c1-2-15-55-48(11-1)12-9-19-56(55)49-29-27-44(28-30-49)46-33-38-52(39-34-46)65(53-13-10-14-54(42-53)66-61-20-6-3-16-57(61)58-17-4-7-21-62(58)66)51-36-31-45(32-37-51)43-23-25-47(26-24-43)50-35-40-60-59-18-5-8-22-63(59)67-64(60)41-50;1-2-12-50-41-51(32-29-43(50)11-1)48-25-23-44(24-26-48)46-33-37-52(38-34-46)65(54-13-9-14-55(42-54)66-61-20-6-3-15-57(61)58-16-4-7-21-62(58)66)53-39-35-47(36-40-53)45-27-30-49(31-28-45)56-18-10-19-60-59-17-5-8-22-63(59)67-64(56)60/h2*1-42H. The van der Waals surface area contributed by atoms with Gasteiger partial charge in [-0.2, -0.15) is 0 Å². The number of anilines is 6. The van der Waals surface area contributed by atoms with Crippen molar-refractivity contribution in [3.63, 3.8) is 0 Å². The second kappa shape index (κ2) is 33.3. The maximum atomic E-state index is 6.38. The first-order valence-electron chi connectivity index (χ1n) is 45.8. The van der Waals surface area contributed by atoms with Crippen molar-refractivity contribution in [2.24, 2.45) is 0 Å². The number of hydrogen-bond donors (Lipinski definition) is 0. The minimum absolute atomic E-state index is 0.907. The zero-order chi connectivity index (χ0) is 88.5. The van der Waals surface area contributed by atoms with Crippen LogP contribution >= 0.6 is 0 Å². The Morgan fingerprint density at radius 3 is 0.896 bits per heavy atom. The van der Waals surface area contributed by atoms with Gasteiger partial charge in [0, 0.05) is 94.2 Å². The van der Waals surface area contributed by atoms with Crippen molar-refractivity contribution in [1.82, 2.24) is 9.13 Å². The molecule has 0 bridgehead atoms. The highest BCUT2D eigenvalue weighted by atomic mass is 16.3.